The van der Waals surface area contributed by atoms with Crippen molar-refractivity contribution in [1.29, 1.82) is 0 Å². The summed E-state index contributed by atoms with van der Waals surface area (Å²) in [6.45, 7) is 12.1. The molecule has 0 aliphatic heterocycles. The third kappa shape index (κ3) is 6.93. The fraction of sp³-hybridized carbons (Fsp3) is 0.333. The van der Waals surface area contributed by atoms with Crippen LogP contribution in [0.5, 0.6) is 17.2 Å². The van der Waals surface area contributed by atoms with Crippen LogP contribution in [-0.4, -0.2) is 12.1 Å². The Labute approximate surface area is 181 Å². The fourth-order valence-electron chi connectivity index (χ4n) is 3.18. The van der Waals surface area contributed by atoms with Crippen LogP contribution in [-0.2, 0) is 13.0 Å². The minimum Gasteiger partial charge on any atom is -0.489 e. The summed E-state index contributed by atoms with van der Waals surface area (Å²) in [4.78, 5) is 0. The largest absolute Gasteiger partial charge is 0.489 e. The van der Waals surface area contributed by atoms with Gasteiger partial charge in [0, 0.05) is 11.1 Å². The van der Waals surface area contributed by atoms with Gasteiger partial charge in [-0.3, -0.25) is 0 Å². The lowest BCUT2D eigenvalue weighted by molar-refractivity contribution is 0.300. The molecule has 3 nitrogen and oxygen atoms in total. The van der Waals surface area contributed by atoms with E-state index in [1.807, 2.05) is 30.3 Å². The van der Waals surface area contributed by atoms with Gasteiger partial charge in [-0.25, -0.2) is 0 Å². The summed E-state index contributed by atoms with van der Waals surface area (Å²) in [6.07, 6.45) is 0.958. The van der Waals surface area contributed by atoms with E-state index >= 15 is 0 Å². The Bertz CT molecular complexity index is 955. The smallest absolute Gasteiger partial charge is 0.134 e. The number of rotatable bonds is 8. The van der Waals surface area contributed by atoms with Crippen LogP contribution in [0.3, 0.4) is 0 Å². The standard InChI is InChI=1S/C27H33NO2/c1-20-9-12-24(13-10-20)29-19-23-18-22(15-16-28-27(3,4)5)11-14-26(23)30-25-8-6-7-21(2)17-25/h6-14,17-18,28H,15-16,19H2,1-5H3. The molecule has 0 atom stereocenters. The van der Waals surface area contributed by atoms with E-state index in [4.69, 9.17) is 9.47 Å². The van der Waals surface area contributed by atoms with Gasteiger partial charge in [-0.1, -0.05) is 35.9 Å². The van der Waals surface area contributed by atoms with Gasteiger partial charge in [-0.2, -0.15) is 0 Å². The molecule has 3 rings (SSSR count). The Hall–Kier alpha value is -2.78. The number of aryl methyl sites for hydroxylation is 2. The summed E-state index contributed by atoms with van der Waals surface area (Å²) < 4.78 is 12.3. The van der Waals surface area contributed by atoms with Gasteiger partial charge < -0.3 is 14.8 Å². The van der Waals surface area contributed by atoms with E-state index in [1.54, 1.807) is 0 Å². The molecule has 0 spiro atoms. The molecule has 3 aromatic carbocycles. The second-order valence-corrected chi connectivity index (χ2v) is 8.89. The maximum atomic E-state index is 6.22. The van der Waals surface area contributed by atoms with Crippen molar-refractivity contribution < 1.29 is 9.47 Å². The average Bonchev–Trinajstić information content (AvgIpc) is 2.68. The van der Waals surface area contributed by atoms with Gasteiger partial charge in [-0.15, -0.1) is 0 Å². The van der Waals surface area contributed by atoms with E-state index in [1.165, 1.54) is 16.7 Å². The summed E-state index contributed by atoms with van der Waals surface area (Å²) in [5.74, 6) is 2.54. The number of hydrogen-bond acceptors (Lipinski definition) is 3. The number of hydrogen-bond donors (Lipinski definition) is 1. The average molecular weight is 404 g/mol. The van der Waals surface area contributed by atoms with Crippen LogP contribution in [0, 0.1) is 13.8 Å². The SMILES string of the molecule is Cc1ccc(OCc2cc(CCNC(C)(C)C)ccc2Oc2cccc(C)c2)cc1. The van der Waals surface area contributed by atoms with Gasteiger partial charge in [0.1, 0.15) is 23.9 Å². The Morgan fingerprint density at radius 2 is 1.57 bits per heavy atom. The summed E-state index contributed by atoms with van der Waals surface area (Å²) >= 11 is 0. The molecule has 0 aliphatic rings. The molecule has 0 bridgehead atoms. The highest BCUT2D eigenvalue weighted by Crippen LogP contribution is 2.28. The third-order valence-corrected chi connectivity index (χ3v) is 4.83. The van der Waals surface area contributed by atoms with Gasteiger partial charge in [0.05, 0.1) is 0 Å². The second-order valence-electron chi connectivity index (χ2n) is 8.89. The Morgan fingerprint density at radius 1 is 0.800 bits per heavy atom. The second kappa shape index (κ2) is 9.82. The van der Waals surface area contributed by atoms with Crippen LogP contribution in [0.15, 0.2) is 66.7 Å². The molecule has 0 unspecified atom stereocenters. The minimum atomic E-state index is 0.117. The Morgan fingerprint density at radius 3 is 2.27 bits per heavy atom. The topological polar surface area (TPSA) is 30.5 Å². The quantitative estimate of drug-likeness (QED) is 0.459. The van der Waals surface area contributed by atoms with E-state index in [0.29, 0.717) is 6.61 Å². The molecule has 0 amide bonds. The summed E-state index contributed by atoms with van der Waals surface area (Å²) in [5, 5.41) is 3.55. The van der Waals surface area contributed by atoms with Crippen LogP contribution in [0.2, 0.25) is 0 Å². The van der Waals surface area contributed by atoms with Gasteiger partial charge in [0.15, 0.2) is 0 Å². The van der Waals surface area contributed by atoms with E-state index in [2.05, 4.69) is 76.3 Å². The summed E-state index contributed by atoms with van der Waals surface area (Å²) in [6, 6.07) is 22.7. The fourth-order valence-corrected chi connectivity index (χ4v) is 3.18. The molecule has 0 heterocycles. The molecule has 0 aromatic heterocycles. The molecule has 0 saturated heterocycles. The van der Waals surface area contributed by atoms with Crippen molar-refractivity contribution in [2.24, 2.45) is 0 Å². The lowest BCUT2D eigenvalue weighted by Crippen LogP contribution is -2.37. The third-order valence-electron chi connectivity index (χ3n) is 4.83. The van der Waals surface area contributed by atoms with Gasteiger partial charge >= 0.3 is 0 Å². The zero-order valence-electron chi connectivity index (χ0n) is 18.8. The van der Waals surface area contributed by atoms with Crippen molar-refractivity contribution >= 4 is 0 Å². The van der Waals surface area contributed by atoms with Crippen molar-refractivity contribution in [1.82, 2.24) is 5.32 Å². The normalized spacial score (nSPS) is 11.4. The van der Waals surface area contributed by atoms with Crippen molar-refractivity contribution in [2.75, 3.05) is 6.54 Å². The van der Waals surface area contributed by atoms with E-state index < -0.39 is 0 Å². The molecular formula is C27H33NO2. The maximum absolute atomic E-state index is 6.22. The van der Waals surface area contributed by atoms with Crippen LogP contribution >= 0.6 is 0 Å². The first-order chi connectivity index (χ1) is 14.3. The molecule has 0 fully saturated rings. The molecule has 3 aromatic rings. The minimum absolute atomic E-state index is 0.117. The number of ether oxygens (including phenoxy) is 2. The Balaban J connectivity index is 1.77. The highest BCUT2D eigenvalue weighted by molar-refractivity contribution is 5.41. The molecule has 0 aliphatic carbocycles. The highest BCUT2D eigenvalue weighted by atomic mass is 16.5. The van der Waals surface area contributed by atoms with Crippen LogP contribution in [0.4, 0.5) is 0 Å². The van der Waals surface area contributed by atoms with Crippen molar-refractivity contribution in [3.63, 3.8) is 0 Å². The maximum Gasteiger partial charge on any atom is 0.134 e. The predicted octanol–water partition coefficient (Wildman–Crippen LogP) is 6.61. The monoisotopic (exact) mass is 403 g/mol. The van der Waals surface area contributed by atoms with Crippen LogP contribution in [0.25, 0.3) is 0 Å². The molecular weight excluding hydrogens is 370 g/mol. The van der Waals surface area contributed by atoms with Gasteiger partial charge in [0.25, 0.3) is 0 Å². The summed E-state index contributed by atoms with van der Waals surface area (Å²) in [5.41, 5.74) is 4.83. The van der Waals surface area contributed by atoms with Gasteiger partial charge in [0.2, 0.25) is 0 Å². The first-order valence-electron chi connectivity index (χ1n) is 10.6. The summed E-state index contributed by atoms with van der Waals surface area (Å²) in [7, 11) is 0. The van der Waals surface area contributed by atoms with Crippen molar-refractivity contribution in [2.45, 2.75) is 53.2 Å². The highest BCUT2D eigenvalue weighted by Gasteiger charge is 2.11. The molecule has 158 valence electrons. The first kappa shape index (κ1) is 21.9. The van der Waals surface area contributed by atoms with Gasteiger partial charge in [-0.05, 0) is 95.1 Å². The van der Waals surface area contributed by atoms with E-state index in [-0.39, 0.29) is 5.54 Å². The Kier molecular flexibility index (Phi) is 7.17. The lowest BCUT2D eigenvalue weighted by atomic mass is 10.1. The number of nitrogens with one attached hydrogen (secondary N) is 1. The zero-order valence-corrected chi connectivity index (χ0v) is 18.8. The lowest BCUT2D eigenvalue weighted by Gasteiger charge is -2.20. The van der Waals surface area contributed by atoms with Crippen molar-refractivity contribution in [3.05, 3.63) is 89.0 Å². The first-order valence-corrected chi connectivity index (χ1v) is 10.6. The van der Waals surface area contributed by atoms with Crippen LogP contribution in [0.1, 0.15) is 43.0 Å². The van der Waals surface area contributed by atoms with E-state index in [9.17, 15) is 0 Å². The molecule has 3 heteroatoms. The molecule has 1 N–H and O–H groups in total. The van der Waals surface area contributed by atoms with Crippen molar-refractivity contribution in [3.8, 4) is 17.2 Å². The van der Waals surface area contributed by atoms with Crippen LogP contribution < -0.4 is 14.8 Å². The molecule has 0 radical (unpaired) electrons. The number of benzene rings is 3. The van der Waals surface area contributed by atoms with E-state index in [0.717, 1.165) is 35.8 Å². The zero-order chi connectivity index (χ0) is 21.6. The molecule has 0 saturated carbocycles. The predicted molar refractivity (Wildman–Crippen MR) is 125 cm³/mol. The molecule has 30 heavy (non-hydrogen) atoms.